The van der Waals surface area contributed by atoms with Gasteiger partial charge in [-0.2, -0.15) is 0 Å². The quantitative estimate of drug-likeness (QED) is 0.480. The van der Waals surface area contributed by atoms with Crippen LogP contribution in [0.15, 0.2) is 12.2 Å². The van der Waals surface area contributed by atoms with Crippen LogP contribution in [0.2, 0.25) is 0 Å². The Bertz CT molecular complexity index is 134. The molecule has 0 radical (unpaired) electrons. The third-order valence-corrected chi connectivity index (χ3v) is 1.40. The van der Waals surface area contributed by atoms with Crippen LogP contribution < -0.4 is 5.32 Å². The van der Waals surface area contributed by atoms with E-state index in [9.17, 15) is 4.79 Å². The van der Waals surface area contributed by atoms with Gasteiger partial charge in [-0.3, -0.25) is 4.79 Å². The van der Waals surface area contributed by atoms with E-state index in [1.54, 1.807) is 12.2 Å². The SMILES string of the molecule is C/C=C/C(=O)NCCCCC.[HH]. The molecule has 1 amide bonds. The van der Waals surface area contributed by atoms with Crippen LogP contribution in [0.1, 0.15) is 34.5 Å². The van der Waals surface area contributed by atoms with E-state index in [0.29, 0.717) is 0 Å². The van der Waals surface area contributed by atoms with Crippen molar-refractivity contribution in [2.24, 2.45) is 0 Å². The van der Waals surface area contributed by atoms with Gasteiger partial charge < -0.3 is 5.32 Å². The molecule has 0 aromatic heterocycles. The second-order valence-electron chi connectivity index (χ2n) is 2.50. The molecule has 0 fully saturated rings. The van der Waals surface area contributed by atoms with Crippen LogP contribution in [-0.4, -0.2) is 12.5 Å². The van der Waals surface area contributed by atoms with E-state index in [1.807, 2.05) is 6.92 Å². The molecule has 0 heterocycles. The minimum atomic E-state index is 0. The summed E-state index contributed by atoms with van der Waals surface area (Å²) in [6.45, 7) is 4.79. The maximum atomic E-state index is 10.8. The van der Waals surface area contributed by atoms with Gasteiger partial charge in [-0.25, -0.2) is 0 Å². The largest absolute Gasteiger partial charge is 0.353 e. The predicted octanol–water partition coefficient (Wildman–Crippen LogP) is 2.11. The maximum Gasteiger partial charge on any atom is 0.243 e. The molecule has 0 aliphatic rings. The molecule has 2 heteroatoms. The Morgan fingerprint density at radius 3 is 2.82 bits per heavy atom. The molecule has 66 valence electrons. The Hall–Kier alpha value is -0.790. The number of unbranched alkanes of at least 4 members (excludes halogenated alkanes) is 2. The molecule has 0 unspecified atom stereocenters. The summed E-state index contributed by atoms with van der Waals surface area (Å²) < 4.78 is 0. The van der Waals surface area contributed by atoms with Crippen LogP contribution in [0, 0.1) is 0 Å². The number of carbonyl (C=O) groups is 1. The third kappa shape index (κ3) is 7.10. The Labute approximate surface area is 70.2 Å². The number of carbonyl (C=O) groups excluding carboxylic acids is 1. The molecule has 0 aliphatic carbocycles. The van der Waals surface area contributed by atoms with E-state index in [4.69, 9.17) is 0 Å². The first-order valence-electron chi connectivity index (χ1n) is 4.21. The highest BCUT2D eigenvalue weighted by molar-refractivity contribution is 5.87. The molecule has 0 bridgehead atoms. The average Bonchev–Trinajstić information content (AvgIpc) is 1.99. The standard InChI is InChI=1S/C9H17NO.H2/c1-3-5-6-8-10-9(11)7-4-2;/h4,7H,3,5-6,8H2,1-2H3,(H,10,11);1H/b7-4+;. The van der Waals surface area contributed by atoms with Crippen LogP contribution in [0.4, 0.5) is 0 Å². The number of hydrogen-bond donors (Lipinski definition) is 1. The zero-order valence-corrected chi connectivity index (χ0v) is 7.39. The van der Waals surface area contributed by atoms with Gasteiger partial charge in [0.2, 0.25) is 5.91 Å². The lowest BCUT2D eigenvalue weighted by Crippen LogP contribution is -2.21. The fourth-order valence-corrected chi connectivity index (χ4v) is 0.797. The average molecular weight is 157 g/mol. The highest BCUT2D eigenvalue weighted by Crippen LogP contribution is 1.90. The van der Waals surface area contributed by atoms with E-state index in [1.165, 1.54) is 12.8 Å². The first-order valence-corrected chi connectivity index (χ1v) is 4.21. The van der Waals surface area contributed by atoms with Crippen LogP contribution in [0.25, 0.3) is 0 Å². The summed E-state index contributed by atoms with van der Waals surface area (Å²) in [5.74, 6) is 0.0172. The lowest BCUT2D eigenvalue weighted by Gasteiger charge is -1.99. The van der Waals surface area contributed by atoms with Crippen LogP contribution in [0.3, 0.4) is 0 Å². The van der Waals surface area contributed by atoms with Crippen molar-refractivity contribution in [1.82, 2.24) is 5.32 Å². The number of amides is 1. The van der Waals surface area contributed by atoms with Gasteiger partial charge in [-0.15, -0.1) is 0 Å². The van der Waals surface area contributed by atoms with Gasteiger partial charge in [0.25, 0.3) is 0 Å². The normalized spacial score (nSPS) is 10.4. The molecule has 0 atom stereocenters. The first-order chi connectivity index (χ1) is 5.31. The molecule has 0 aromatic rings. The van der Waals surface area contributed by atoms with Crippen LogP contribution >= 0.6 is 0 Å². The molecule has 1 N–H and O–H groups in total. The van der Waals surface area contributed by atoms with E-state index < -0.39 is 0 Å². The van der Waals surface area contributed by atoms with Gasteiger partial charge in [-0.1, -0.05) is 25.8 Å². The lowest BCUT2D eigenvalue weighted by atomic mass is 10.2. The van der Waals surface area contributed by atoms with Crippen molar-refractivity contribution < 1.29 is 6.22 Å². The van der Waals surface area contributed by atoms with Crippen molar-refractivity contribution in [1.29, 1.82) is 0 Å². The molecule has 0 spiro atoms. The van der Waals surface area contributed by atoms with E-state index in [2.05, 4.69) is 12.2 Å². The first kappa shape index (κ1) is 10.2. The number of hydrogen-bond acceptors (Lipinski definition) is 1. The summed E-state index contributed by atoms with van der Waals surface area (Å²) in [6, 6.07) is 0. The van der Waals surface area contributed by atoms with Crippen molar-refractivity contribution in [3.63, 3.8) is 0 Å². The Kier molecular flexibility index (Phi) is 6.79. The molecular formula is C9H19NO. The van der Waals surface area contributed by atoms with E-state index in [-0.39, 0.29) is 7.33 Å². The van der Waals surface area contributed by atoms with E-state index >= 15 is 0 Å². The molecule has 0 saturated heterocycles. The molecule has 2 nitrogen and oxygen atoms in total. The van der Waals surface area contributed by atoms with Gasteiger partial charge in [0.05, 0.1) is 0 Å². The Balaban J connectivity index is 0. The van der Waals surface area contributed by atoms with Crippen molar-refractivity contribution in [2.75, 3.05) is 6.54 Å². The summed E-state index contributed by atoms with van der Waals surface area (Å²) in [6.07, 6.45) is 6.76. The monoisotopic (exact) mass is 157 g/mol. The zero-order chi connectivity index (χ0) is 8.53. The summed E-state index contributed by atoms with van der Waals surface area (Å²) >= 11 is 0. The van der Waals surface area contributed by atoms with Crippen molar-refractivity contribution in [3.05, 3.63) is 12.2 Å². The zero-order valence-electron chi connectivity index (χ0n) is 7.39. The van der Waals surface area contributed by atoms with Crippen LogP contribution in [-0.2, 0) is 4.79 Å². The number of nitrogens with one attached hydrogen (secondary N) is 1. The van der Waals surface area contributed by atoms with Crippen molar-refractivity contribution in [2.45, 2.75) is 33.1 Å². The summed E-state index contributed by atoms with van der Waals surface area (Å²) in [5.41, 5.74) is 0. The van der Waals surface area contributed by atoms with Gasteiger partial charge in [0.15, 0.2) is 0 Å². The van der Waals surface area contributed by atoms with Gasteiger partial charge in [-0.05, 0) is 19.4 Å². The fourth-order valence-electron chi connectivity index (χ4n) is 0.797. The highest BCUT2D eigenvalue weighted by atomic mass is 16.1. The van der Waals surface area contributed by atoms with Gasteiger partial charge in [0, 0.05) is 7.97 Å². The molecule has 0 aliphatic heterocycles. The Morgan fingerprint density at radius 1 is 1.55 bits per heavy atom. The minimum Gasteiger partial charge on any atom is -0.353 e. The Morgan fingerprint density at radius 2 is 2.27 bits per heavy atom. The molecule has 0 rings (SSSR count). The van der Waals surface area contributed by atoms with Gasteiger partial charge in [0.1, 0.15) is 0 Å². The van der Waals surface area contributed by atoms with E-state index in [0.717, 1.165) is 13.0 Å². The van der Waals surface area contributed by atoms with Crippen LogP contribution in [0.5, 0.6) is 0 Å². The highest BCUT2D eigenvalue weighted by Gasteiger charge is 1.91. The molecule has 11 heavy (non-hydrogen) atoms. The smallest absolute Gasteiger partial charge is 0.243 e. The maximum absolute atomic E-state index is 10.8. The molecular weight excluding hydrogens is 138 g/mol. The predicted molar refractivity (Wildman–Crippen MR) is 49.5 cm³/mol. The number of rotatable bonds is 5. The summed E-state index contributed by atoms with van der Waals surface area (Å²) in [5, 5.41) is 2.79. The molecule has 0 saturated carbocycles. The molecule has 0 aromatic carbocycles. The minimum absolute atomic E-state index is 0. The summed E-state index contributed by atoms with van der Waals surface area (Å²) in [7, 11) is 0. The van der Waals surface area contributed by atoms with Crippen molar-refractivity contribution >= 4 is 5.91 Å². The summed E-state index contributed by atoms with van der Waals surface area (Å²) in [4.78, 5) is 10.8. The third-order valence-electron chi connectivity index (χ3n) is 1.40. The van der Waals surface area contributed by atoms with Crippen molar-refractivity contribution in [3.8, 4) is 0 Å². The second kappa shape index (κ2) is 7.32. The lowest BCUT2D eigenvalue weighted by molar-refractivity contribution is -0.116. The second-order valence-corrected chi connectivity index (χ2v) is 2.50. The fraction of sp³-hybridized carbons (Fsp3) is 0.667. The number of allylic oxidation sites excluding steroid dienone is 1. The topological polar surface area (TPSA) is 29.1 Å². The van der Waals surface area contributed by atoms with Gasteiger partial charge >= 0.3 is 0 Å².